The zero-order valence-electron chi connectivity index (χ0n) is 12.0. The molecule has 2 aromatic rings. The van der Waals surface area contributed by atoms with E-state index in [-0.39, 0.29) is 11.5 Å². The van der Waals surface area contributed by atoms with E-state index in [1.54, 1.807) is 12.3 Å². The fourth-order valence-electron chi connectivity index (χ4n) is 1.91. The molecule has 4 nitrogen and oxygen atoms in total. The van der Waals surface area contributed by atoms with Gasteiger partial charge in [0.15, 0.2) is 5.43 Å². The maximum atomic E-state index is 12.1. The first-order valence-corrected chi connectivity index (χ1v) is 6.60. The minimum absolute atomic E-state index is 0.0362. The summed E-state index contributed by atoms with van der Waals surface area (Å²) in [4.78, 5) is 19.5. The summed E-state index contributed by atoms with van der Waals surface area (Å²) in [7, 11) is 0. The Balaban J connectivity index is 2.48. The minimum atomic E-state index is -0.0362. The van der Waals surface area contributed by atoms with Gasteiger partial charge in [-0.05, 0) is 44.5 Å². The number of nitrogens with two attached hydrogens (primary N) is 1. The number of pyridine rings is 1. The highest BCUT2D eigenvalue weighted by Gasteiger charge is 2.04. The SMILES string of the molecule is Cc1ccc2c(=O)cc(C(N)=CC=NC(C)C)[nH]c2c1. The molecule has 0 bridgehead atoms. The van der Waals surface area contributed by atoms with E-state index in [9.17, 15) is 4.79 Å². The lowest BCUT2D eigenvalue weighted by molar-refractivity contribution is 0.842. The summed E-state index contributed by atoms with van der Waals surface area (Å²) >= 11 is 0. The van der Waals surface area contributed by atoms with Crippen LogP contribution in [0.1, 0.15) is 25.1 Å². The van der Waals surface area contributed by atoms with Crippen molar-refractivity contribution in [2.24, 2.45) is 10.7 Å². The van der Waals surface area contributed by atoms with Gasteiger partial charge in [0.2, 0.25) is 0 Å². The van der Waals surface area contributed by atoms with Gasteiger partial charge in [0.25, 0.3) is 0 Å². The molecule has 0 fully saturated rings. The summed E-state index contributed by atoms with van der Waals surface area (Å²) in [5, 5.41) is 0.669. The monoisotopic (exact) mass is 269 g/mol. The van der Waals surface area contributed by atoms with Crippen LogP contribution < -0.4 is 11.2 Å². The van der Waals surface area contributed by atoms with Crippen LogP contribution in [0.25, 0.3) is 16.6 Å². The lowest BCUT2D eigenvalue weighted by atomic mass is 10.1. The molecule has 20 heavy (non-hydrogen) atoms. The van der Waals surface area contributed by atoms with Gasteiger partial charge in [0.05, 0.1) is 16.9 Å². The molecule has 0 aliphatic carbocycles. The molecule has 0 aliphatic heterocycles. The van der Waals surface area contributed by atoms with Crippen molar-refractivity contribution in [2.45, 2.75) is 26.8 Å². The van der Waals surface area contributed by atoms with E-state index in [1.165, 1.54) is 6.07 Å². The zero-order valence-corrected chi connectivity index (χ0v) is 12.0. The summed E-state index contributed by atoms with van der Waals surface area (Å²) in [5.41, 5.74) is 8.94. The Kier molecular flexibility index (Phi) is 4.03. The number of nitrogens with zero attached hydrogens (tertiary/aromatic N) is 1. The summed E-state index contributed by atoms with van der Waals surface area (Å²) in [5.74, 6) is 0. The molecule has 0 atom stereocenters. The van der Waals surface area contributed by atoms with Crippen LogP contribution in [0.2, 0.25) is 0 Å². The van der Waals surface area contributed by atoms with Crippen LogP contribution >= 0.6 is 0 Å². The first-order chi connectivity index (χ1) is 9.47. The minimum Gasteiger partial charge on any atom is -0.397 e. The van der Waals surface area contributed by atoms with Crippen LogP contribution in [0.15, 0.2) is 40.1 Å². The van der Waals surface area contributed by atoms with Gasteiger partial charge in [-0.15, -0.1) is 0 Å². The average molecular weight is 269 g/mol. The van der Waals surface area contributed by atoms with E-state index in [4.69, 9.17) is 5.73 Å². The van der Waals surface area contributed by atoms with Gasteiger partial charge >= 0.3 is 0 Å². The molecule has 2 rings (SSSR count). The molecule has 1 heterocycles. The summed E-state index contributed by atoms with van der Waals surface area (Å²) in [6, 6.07) is 7.43. The first kappa shape index (κ1) is 14.1. The number of H-pyrrole nitrogens is 1. The Labute approximate surface area is 118 Å². The van der Waals surface area contributed by atoms with Crippen molar-refractivity contribution in [2.75, 3.05) is 0 Å². The predicted molar refractivity (Wildman–Crippen MR) is 85.1 cm³/mol. The third-order valence-electron chi connectivity index (χ3n) is 2.93. The van der Waals surface area contributed by atoms with E-state index >= 15 is 0 Å². The molecule has 1 aromatic heterocycles. The Morgan fingerprint density at radius 1 is 1.35 bits per heavy atom. The van der Waals surface area contributed by atoms with E-state index in [0.717, 1.165) is 11.1 Å². The largest absolute Gasteiger partial charge is 0.397 e. The smallest absolute Gasteiger partial charge is 0.190 e. The zero-order chi connectivity index (χ0) is 14.7. The summed E-state index contributed by atoms with van der Waals surface area (Å²) < 4.78 is 0. The highest BCUT2D eigenvalue weighted by atomic mass is 16.1. The third-order valence-corrected chi connectivity index (χ3v) is 2.93. The highest BCUT2D eigenvalue weighted by Crippen LogP contribution is 2.13. The first-order valence-electron chi connectivity index (χ1n) is 6.60. The van der Waals surface area contributed by atoms with Gasteiger partial charge in [0.1, 0.15) is 0 Å². The molecule has 3 N–H and O–H groups in total. The summed E-state index contributed by atoms with van der Waals surface area (Å²) in [6.45, 7) is 5.96. The summed E-state index contributed by atoms with van der Waals surface area (Å²) in [6.07, 6.45) is 3.37. The second-order valence-electron chi connectivity index (χ2n) is 5.11. The fourth-order valence-corrected chi connectivity index (χ4v) is 1.91. The molecule has 0 amide bonds. The number of aromatic amines is 1. The van der Waals surface area contributed by atoms with Gasteiger partial charge in [-0.1, -0.05) is 6.07 Å². The number of rotatable bonds is 3. The van der Waals surface area contributed by atoms with Gasteiger partial charge in [-0.3, -0.25) is 9.79 Å². The molecular formula is C16H19N3O. The van der Waals surface area contributed by atoms with Crippen molar-refractivity contribution in [3.8, 4) is 0 Å². The number of fused-ring (bicyclic) bond motifs is 1. The number of hydrogen-bond acceptors (Lipinski definition) is 3. The number of aliphatic imine (C=N–C) groups is 1. The highest BCUT2D eigenvalue weighted by molar-refractivity contribution is 5.85. The standard InChI is InChI=1S/C16H19N3O/c1-10(2)18-7-6-13(17)15-9-16(20)12-5-4-11(3)8-14(12)19-15/h4-10H,17H2,1-3H3,(H,19,20). The van der Waals surface area contributed by atoms with Crippen LogP contribution in [0.3, 0.4) is 0 Å². The van der Waals surface area contributed by atoms with Crippen molar-refractivity contribution in [1.82, 2.24) is 4.98 Å². The molecule has 104 valence electrons. The number of allylic oxidation sites excluding steroid dienone is 1. The maximum absolute atomic E-state index is 12.1. The van der Waals surface area contributed by atoms with Crippen LogP contribution in [-0.2, 0) is 0 Å². The second kappa shape index (κ2) is 5.74. The normalized spacial score (nSPS) is 12.7. The van der Waals surface area contributed by atoms with Gasteiger partial charge in [-0.2, -0.15) is 0 Å². The quantitative estimate of drug-likeness (QED) is 0.841. The molecule has 1 aromatic carbocycles. The molecule has 0 aliphatic rings. The topological polar surface area (TPSA) is 71.2 Å². The van der Waals surface area contributed by atoms with Crippen LogP contribution in [-0.4, -0.2) is 17.2 Å². The molecule has 0 radical (unpaired) electrons. The number of aryl methyl sites for hydroxylation is 1. The Morgan fingerprint density at radius 3 is 2.80 bits per heavy atom. The second-order valence-corrected chi connectivity index (χ2v) is 5.11. The van der Waals surface area contributed by atoms with Crippen molar-refractivity contribution >= 4 is 22.8 Å². The molecule has 0 saturated heterocycles. The lowest BCUT2D eigenvalue weighted by Gasteiger charge is -2.05. The number of aromatic nitrogens is 1. The third kappa shape index (κ3) is 3.15. The van der Waals surface area contributed by atoms with Crippen molar-refractivity contribution in [3.05, 3.63) is 51.8 Å². The van der Waals surface area contributed by atoms with Gasteiger partial charge in [0, 0.05) is 23.7 Å². The molecule has 0 saturated carbocycles. The molecule has 0 unspecified atom stereocenters. The Morgan fingerprint density at radius 2 is 2.10 bits per heavy atom. The van der Waals surface area contributed by atoms with Crippen LogP contribution in [0.4, 0.5) is 0 Å². The van der Waals surface area contributed by atoms with Crippen molar-refractivity contribution < 1.29 is 0 Å². The van der Waals surface area contributed by atoms with E-state index in [2.05, 4.69) is 9.98 Å². The number of hydrogen-bond donors (Lipinski definition) is 2. The van der Waals surface area contributed by atoms with Gasteiger partial charge < -0.3 is 10.7 Å². The average Bonchev–Trinajstić information content (AvgIpc) is 2.37. The Hall–Kier alpha value is -2.36. The van der Waals surface area contributed by atoms with Crippen LogP contribution in [0.5, 0.6) is 0 Å². The lowest BCUT2D eigenvalue weighted by Crippen LogP contribution is -2.08. The van der Waals surface area contributed by atoms with E-state index in [0.29, 0.717) is 16.8 Å². The predicted octanol–water partition coefficient (Wildman–Crippen LogP) is 2.62. The number of benzene rings is 1. The number of nitrogens with one attached hydrogen (secondary N) is 1. The molecule has 4 heteroatoms. The van der Waals surface area contributed by atoms with Crippen molar-refractivity contribution in [3.63, 3.8) is 0 Å². The van der Waals surface area contributed by atoms with Crippen molar-refractivity contribution in [1.29, 1.82) is 0 Å². The molecular weight excluding hydrogens is 250 g/mol. The maximum Gasteiger partial charge on any atom is 0.190 e. The van der Waals surface area contributed by atoms with E-state index in [1.807, 2.05) is 39.0 Å². The Bertz CT molecular complexity index is 739. The van der Waals surface area contributed by atoms with E-state index < -0.39 is 0 Å². The molecule has 0 spiro atoms. The van der Waals surface area contributed by atoms with Crippen LogP contribution in [0, 0.1) is 6.92 Å². The van der Waals surface area contributed by atoms with Gasteiger partial charge in [-0.25, -0.2) is 0 Å². The fraction of sp³-hybridized carbons (Fsp3) is 0.250.